The minimum Gasteiger partial charge on any atom is -0.497 e. The van der Waals surface area contributed by atoms with Gasteiger partial charge in [0.05, 0.1) is 49.4 Å². The van der Waals surface area contributed by atoms with E-state index in [4.69, 9.17) is 14.2 Å². The van der Waals surface area contributed by atoms with E-state index in [1.165, 1.54) is 80.6 Å². The van der Waals surface area contributed by atoms with E-state index in [2.05, 4.69) is 10.5 Å². The fourth-order valence-corrected chi connectivity index (χ4v) is 6.14. The van der Waals surface area contributed by atoms with E-state index in [9.17, 15) is 26.4 Å². The van der Waals surface area contributed by atoms with Gasteiger partial charge in [0, 0.05) is 23.0 Å². The second-order valence-corrected chi connectivity index (χ2v) is 11.6. The predicted molar refractivity (Wildman–Crippen MR) is 163 cm³/mol. The van der Waals surface area contributed by atoms with Gasteiger partial charge in [0.2, 0.25) is 0 Å². The van der Waals surface area contributed by atoms with Crippen LogP contribution in [-0.4, -0.2) is 53.0 Å². The molecule has 0 fully saturated rings. The number of anilines is 1. The van der Waals surface area contributed by atoms with Gasteiger partial charge in [-0.1, -0.05) is 12.1 Å². The molecule has 4 aromatic rings. The number of alkyl halides is 3. The van der Waals surface area contributed by atoms with Crippen molar-refractivity contribution < 1.29 is 40.6 Å². The van der Waals surface area contributed by atoms with Crippen LogP contribution in [0.2, 0.25) is 0 Å². The first-order chi connectivity index (χ1) is 21.3. The molecule has 10 nitrogen and oxygen atoms in total. The van der Waals surface area contributed by atoms with Crippen LogP contribution in [0, 0.1) is 13.8 Å². The number of hydrogen-bond donors (Lipinski definition) is 1. The van der Waals surface area contributed by atoms with Gasteiger partial charge in [-0.2, -0.15) is 18.3 Å². The number of para-hydroxylation sites is 1. The van der Waals surface area contributed by atoms with Crippen LogP contribution >= 0.6 is 0 Å². The molecule has 0 atom stereocenters. The van der Waals surface area contributed by atoms with Crippen LogP contribution in [0.3, 0.4) is 0 Å². The van der Waals surface area contributed by atoms with Crippen LogP contribution in [0.15, 0.2) is 82.8 Å². The number of nitrogens with one attached hydrogen (secondary N) is 1. The van der Waals surface area contributed by atoms with Crippen LogP contribution in [0.5, 0.6) is 17.2 Å². The Kier molecular flexibility index (Phi) is 9.76. The smallest absolute Gasteiger partial charge is 0.418 e. The van der Waals surface area contributed by atoms with Gasteiger partial charge in [0.1, 0.15) is 12.3 Å². The van der Waals surface area contributed by atoms with E-state index >= 15 is 0 Å². The van der Waals surface area contributed by atoms with Crippen molar-refractivity contribution in [1.29, 1.82) is 0 Å². The molecule has 45 heavy (non-hydrogen) atoms. The normalized spacial score (nSPS) is 11.8. The van der Waals surface area contributed by atoms with Gasteiger partial charge in [0.15, 0.2) is 11.5 Å². The molecule has 0 radical (unpaired) electrons. The molecule has 0 aliphatic rings. The summed E-state index contributed by atoms with van der Waals surface area (Å²) in [6.07, 6.45) is -3.28. The first-order valence-electron chi connectivity index (χ1n) is 13.4. The lowest BCUT2D eigenvalue weighted by atomic mass is 10.1. The Labute approximate surface area is 258 Å². The van der Waals surface area contributed by atoms with E-state index in [1.54, 1.807) is 32.0 Å². The highest BCUT2D eigenvalue weighted by atomic mass is 32.2. The second-order valence-electron chi connectivity index (χ2n) is 9.70. The number of halogens is 3. The molecule has 0 saturated carbocycles. The number of hydrogen-bond acceptors (Lipinski definition) is 7. The van der Waals surface area contributed by atoms with Crippen molar-refractivity contribution in [3.05, 3.63) is 95.3 Å². The number of carbonyl (C=O) groups excluding carboxylic acids is 1. The summed E-state index contributed by atoms with van der Waals surface area (Å²) in [7, 11) is -0.0621. The Morgan fingerprint density at radius 3 is 2.22 bits per heavy atom. The molecular weight excluding hydrogens is 613 g/mol. The molecule has 3 aromatic carbocycles. The summed E-state index contributed by atoms with van der Waals surface area (Å²) in [6.45, 7) is 2.63. The molecule has 4 rings (SSSR count). The zero-order valence-electron chi connectivity index (χ0n) is 25.0. The molecule has 1 N–H and O–H groups in total. The lowest BCUT2D eigenvalue weighted by Gasteiger charge is -2.24. The maximum atomic E-state index is 13.8. The second kappa shape index (κ2) is 13.3. The van der Waals surface area contributed by atoms with Gasteiger partial charge >= 0.3 is 6.18 Å². The number of aromatic nitrogens is 1. The van der Waals surface area contributed by atoms with Gasteiger partial charge in [-0.05, 0) is 68.4 Å². The average molecular weight is 645 g/mol. The van der Waals surface area contributed by atoms with Crippen LogP contribution < -0.4 is 23.9 Å². The van der Waals surface area contributed by atoms with Crippen molar-refractivity contribution >= 4 is 27.8 Å². The third-order valence-electron chi connectivity index (χ3n) is 6.90. The quantitative estimate of drug-likeness (QED) is 0.171. The largest absolute Gasteiger partial charge is 0.497 e. The molecule has 0 bridgehead atoms. The number of ether oxygens (including phenoxy) is 3. The van der Waals surface area contributed by atoms with Crippen molar-refractivity contribution in [3.63, 3.8) is 0 Å². The predicted octanol–water partition coefficient (Wildman–Crippen LogP) is 5.48. The zero-order chi connectivity index (χ0) is 32.9. The number of aryl methyl sites for hydroxylation is 1. The van der Waals surface area contributed by atoms with Crippen molar-refractivity contribution in [2.24, 2.45) is 5.10 Å². The molecular formula is C31H31F3N4O6S. The third-order valence-corrected chi connectivity index (χ3v) is 8.67. The summed E-state index contributed by atoms with van der Waals surface area (Å²) in [5.41, 5.74) is 3.08. The summed E-state index contributed by atoms with van der Waals surface area (Å²) < 4.78 is 86.6. The van der Waals surface area contributed by atoms with E-state index in [0.717, 1.165) is 10.4 Å². The highest BCUT2D eigenvalue weighted by Gasteiger charge is 2.34. The van der Waals surface area contributed by atoms with Crippen molar-refractivity contribution in [2.45, 2.75) is 24.9 Å². The van der Waals surface area contributed by atoms with Crippen molar-refractivity contribution in [1.82, 2.24) is 9.99 Å². The highest BCUT2D eigenvalue weighted by Crippen LogP contribution is 2.36. The first-order valence-corrected chi connectivity index (χ1v) is 14.8. The Morgan fingerprint density at radius 2 is 1.60 bits per heavy atom. The van der Waals surface area contributed by atoms with Crippen LogP contribution in [0.4, 0.5) is 18.9 Å². The van der Waals surface area contributed by atoms with E-state index in [0.29, 0.717) is 28.5 Å². The maximum absolute atomic E-state index is 13.8. The Morgan fingerprint density at radius 1 is 0.933 bits per heavy atom. The van der Waals surface area contributed by atoms with Gasteiger partial charge in [-0.15, -0.1) is 0 Å². The SMILES string of the molecule is COc1ccc(N(CC(=O)N/N=C/c2cc(C)n(-c3ccccc3C(F)(F)F)c2C)S(=O)(=O)c2ccc(OC)c(OC)c2)cc1. The monoisotopic (exact) mass is 644 g/mol. The minimum atomic E-state index is -4.56. The van der Waals surface area contributed by atoms with Gasteiger partial charge in [0.25, 0.3) is 15.9 Å². The number of carbonyl (C=O) groups is 1. The molecule has 0 spiro atoms. The Balaban J connectivity index is 1.61. The molecule has 1 amide bonds. The van der Waals surface area contributed by atoms with Crippen LogP contribution in [-0.2, 0) is 21.0 Å². The fraction of sp³-hybridized carbons (Fsp3) is 0.226. The summed E-state index contributed by atoms with van der Waals surface area (Å²) in [5, 5.41) is 3.96. The number of sulfonamides is 1. The molecule has 14 heteroatoms. The number of amides is 1. The van der Waals surface area contributed by atoms with Crippen molar-refractivity contribution in [3.8, 4) is 22.9 Å². The number of hydrazone groups is 1. The topological polar surface area (TPSA) is 111 Å². The molecule has 0 aliphatic carbocycles. The molecule has 0 saturated heterocycles. The summed E-state index contributed by atoms with van der Waals surface area (Å²) in [4.78, 5) is 12.9. The molecule has 0 aliphatic heterocycles. The highest BCUT2D eigenvalue weighted by molar-refractivity contribution is 7.92. The lowest BCUT2D eigenvalue weighted by Crippen LogP contribution is -2.39. The average Bonchev–Trinajstić information content (AvgIpc) is 3.30. The van der Waals surface area contributed by atoms with Gasteiger partial charge in [-0.3, -0.25) is 9.10 Å². The number of rotatable bonds is 11. The van der Waals surface area contributed by atoms with Gasteiger partial charge < -0.3 is 18.8 Å². The van der Waals surface area contributed by atoms with E-state index < -0.39 is 34.2 Å². The number of methoxy groups -OCH3 is 3. The van der Waals surface area contributed by atoms with Crippen LogP contribution in [0.25, 0.3) is 5.69 Å². The van der Waals surface area contributed by atoms with Crippen LogP contribution in [0.1, 0.15) is 22.5 Å². The third kappa shape index (κ3) is 7.06. The fourth-order valence-electron chi connectivity index (χ4n) is 4.70. The lowest BCUT2D eigenvalue weighted by molar-refractivity contribution is -0.137. The van der Waals surface area contributed by atoms with E-state index in [1.807, 2.05) is 0 Å². The Hall–Kier alpha value is -4.98. The number of nitrogens with zero attached hydrogens (tertiary/aromatic N) is 3. The molecule has 0 unspecified atom stereocenters. The van der Waals surface area contributed by atoms with Gasteiger partial charge in [-0.25, -0.2) is 13.8 Å². The summed E-state index contributed by atoms with van der Waals surface area (Å²) >= 11 is 0. The standard InChI is InChI=1S/C31H31F3N4O6S/c1-20-16-22(21(2)38(20)27-9-7-6-8-26(27)31(32,33)34)18-35-36-30(39)19-37(23-10-12-24(42-3)13-11-23)45(40,41)25-14-15-28(43-4)29(17-25)44-5/h6-18H,19H2,1-5H3,(H,36,39)/b35-18+. The summed E-state index contributed by atoms with van der Waals surface area (Å²) in [5.74, 6) is 0.201. The molecule has 238 valence electrons. The minimum absolute atomic E-state index is 0.0424. The maximum Gasteiger partial charge on any atom is 0.418 e. The summed E-state index contributed by atoms with van der Waals surface area (Å²) in [6, 6.07) is 17.0. The molecule has 1 aromatic heterocycles. The molecule has 1 heterocycles. The van der Waals surface area contributed by atoms with E-state index in [-0.39, 0.29) is 22.0 Å². The first kappa shape index (κ1) is 32.9. The zero-order valence-corrected chi connectivity index (χ0v) is 25.9. The van der Waals surface area contributed by atoms with Crippen molar-refractivity contribution in [2.75, 3.05) is 32.2 Å². The number of benzene rings is 3. The Bertz CT molecular complexity index is 1820.